The lowest BCUT2D eigenvalue weighted by atomic mass is 10.1. The fourth-order valence-electron chi connectivity index (χ4n) is 1.39. The van der Waals surface area contributed by atoms with Crippen LogP contribution in [0.5, 0.6) is 11.5 Å². The summed E-state index contributed by atoms with van der Waals surface area (Å²) >= 11 is 0. The Balaban J connectivity index is 2.91. The first-order valence-corrected chi connectivity index (χ1v) is 4.87. The average Bonchev–Trinajstić information content (AvgIpc) is 2.16. The fourth-order valence-corrected chi connectivity index (χ4v) is 1.39. The molecule has 5 nitrogen and oxygen atoms in total. The number of benzene rings is 1. The molecule has 1 aromatic carbocycles. The second-order valence-corrected chi connectivity index (χ2v) is 3.67. The van der Waals surface area contributed by atoms with Crippen molar-refractivity contribution >= 4 is 7.32 Å². The Hall–Kier alpha value is -1.24. The summed E-state index contributed by atoms with van der Waals surface area (Å²) in [5.41, 5.74) is 1.00. The zero-order chi connectivity index (χ0) is 12.1. The van der Waals surface area contributed by atoms with Gasteiger partial charge in [-0.25, -0.2) is 0 Å². The summed E-state index contributed by atoms with van der Waals surface area (Å²) in [6, 6.07) is 5.35. The SMILES string of the molecule is COc1ccc(CN(C)C)cc1OB(O)O. The molecule has 0 aliphatic carbocycles. The van der Waals surface area contributed by atoms with E-state index in [0.717, 1.165) is 12.1 Å². The van der Waals surface area contributed by atoms with Gasteiger partial charge in [-0.3, -0.25) is 0 Å². The van der Waals surface area contributed by atoms with Crippen LogP contribution in [0.25, 0.3) is 0 Å². The quantitative estimate of drug-likeness (QED) is 0.696. The number of rotatable bonds is 5. The Kier molecular flexibility index (Phi) is 4.60. The molecule has 0 aliphatic heterocycles. The molecule has 0 heterocycles. The minimum absolute atomic E-state index is 0.317. The van der Waals surface area contributed by atoms with Gasteiger partial charge in [-0.05, 0) is 31.8 Å². The normalized spacial score (nSPS) is 10.4. The molecule has 0 saturated carbocycles. The summed E-state index contributed by atoms with van der Waals surface area (Å²) in [6.45, 7) is 0.738. The van der Waals surface area contributed by atoms with Gasteiger partial charge in [-0.2, -0.15) is 0 Å². The summed E-state index contributed by atoms with van der Waals surface area (Å²) in [5.74, 6) is 0.785. The van der Waals surface area contributed by atoms with Gasteiger partial charge in [-0.15, -0.1) is 0 Å². The number of ether oxygens (including phenoxy) is 1. The number of nitrogens with zero attached hydrogens (tertiary/aromatic N) is 1. The molecule has 0 amide bonds. The predicted molar refractivity (Wildman–Crippen MR) is 61.2 cm³/mol. The first-order chi connectivity index (χ1) is 7.52. The molecular formula is C10H16BNO4. The van der Waals surface area contributed by atoms with Crippen molar-refractivity contribution in [2.45, 2.75) is 6.54 Å². The van der Waals surface area contributed by atoms with E-state index in [1.165, 1.54) is 7.11 Å². The molecule has 0 radical (unpaired) electrons. The zero-order valence-corrected chi connectivity index (χ0v) is 9.67. The Bertz CT molecular complexity index is 344. The van der Waals surface area contributed by atoms with E-state index in [-0.39, 0.29) is 0 Å². The molecule has 2 N–H and O–H groups in total. The molecule has 88 valence electrons. The van der Waals surface area contributed by atoms with Crippen LogP contribution in [0.15, 0.2) is 18.2 Å². The third-order valence-electron chi connectivity index (χ3n) is 1.96. The predicted octanol–water partition coefficient (Wildman–Crippen LogP) is 0.105. The molecule has 1 aromatic rings. The second kappa shape index (κ2) is 5.74. The number of hydrogen-bond donors (Lipinski definition) is 2. The molecule has 0 bridgehead atoms. The van der Waals surface area contributed by atoms with Crippen LogP contribution in [-0.2, 0) is 6.54 Å². The van der Waals surface area contributed by atoms with E-state index in [2.05, 4.69) is 0 Å². The van der Waals surface area contributed by atoms with Gasteiger partial charge in [0.2, 0.25) is 0 Å². The molecule has 0 aromatic heterocycles. The van der Waals surface area contributed by atoms with Crippen molar-refractivity contribution < 1.29 is 19.4 Å². The van der Waals surface area contributed by atoms with Gasteiger partial charge < -0.3 is 24.3 Å². The first kappa shape index (κ1) is 12.8. The van der Waals surface area contributed by atoms with E-state index in [0.29, 0.717) is 11.5 Å². The van der Waals surface area contributed by atoms with Crippen LogP contribution in [0.3, 0.4) is 0 Å². The molecular weight excluding hydrogens is 209 g/mol. The van der Waals surface area contributed by atoms with E-state index in [1.807, 2.05) is 25.1 Å². The number of hydrogen-bond acceptors (Lipinski definition) is 5. The zero-order valence-electron chi connectivity index (χ0n) is 9.67. The highest BCUT2D eigenvalue weighted by Gasteiger charge is 2.15. The van der Waals surface area contributed by atoms with Gasteiger partial charge in [0.1, 0.15) is 5.75 Å². The maximum Gasteiger partial charge on any atom is 0.707 e. The summed E-state index contributed by atoms with van der Waals surface area (Å²) < 4.78 is 9.87. The Labute approximate surface area is 95.4 Å². The van der Waals surface area contributed by atoms with E-state index < -0.39 is 7.32 Å². The lowest BCUT2D eigenvalue weighted by Crippen LogP contribution is -2.21. The topological polar surface area (TPSA) is 62.2 Å². The highest BCUT2D eigenvalue weighted by atomic mass is 16.6. The monoisotopic (exact) mass is 225 g/mol. The van der Waals surface area contributed by atoms with Crippen LogP contribution in [0.1, 0.15) is 5.56 Å². The van der Waals surface area contributed by atoms with Crippen molar-refractivity contribution in [1.82, 2.24) is 4.90 Å². The minimum atomic E-state index is -1.84. The van der Waals surface area contributed by atoms with Crippen molar-refractivity contribution in [3.8, 4) is 11.5 Å². The van der Waals surface area contributed by atoms with Crippen LogP contribution < -0.4 is 9.39 Å². The van der Waals surface area contributed by atoms with Crippen LogP contribution in [0.4, 0.5) is 0 Å². The van der Waals surface area contributed by atoms with E-state index >= 15 is 0 Å². The number of methoxy groups -OCH3 is 1. The van der Waals surface area contributed by atoms with Crippen molar-refractivity contribution in [1.29, 1.82) is 0 Å². The van der Waals surface area contributed by atoms with Gasteiger partial charge in [0.25, 0.3) is 0 Å². The van der Waals surface area contributed by atoms with Crippen LogP contribution >= 0.6 is 0 Å². The average molecular weight is 225 g/mol. The summed E-state index contributed by atoms with van der Waals surface area (Å²) in [7, 11) is 3.55. The van der Waals surface area contributed by atoms with Gasteiger partial charge in [0, 0.05) is 6.54 Å². The summed E-state index contributed by atoms with van der Waals surface area (Å²) in [5, 5.41) is 17.5. The fraction of sp³-hybridized carbons (Fsp3) is 0.400. The second-order valence-electron chi connectivity index (χ2n) is 3.67. The first-order valence-electron chi connectivity index (χ1n) is 4.87. The van der Waals surface area contributed by atoms with Gasteiger partial charge in [0.05, 0.1) is 7.11 Å². The van der Waals surface area contributed by atoms with Crippen molar-refractivity contribution in [3.05, 3.63) is 23.8 Å². The van der Waals surface area contributed by atoms with Crippen LogP contribution in [0, 0.1) is 0 Å². The Morgan fingerprint density at radius 2 is 1.94 bits per heavy atom. The van der Waals surface area contributed by atoms with Crippen LogP contribution in [0.2, 0.25) is 0 Å². The molecule has 16 heavy (non-hydrogen) atoms. The largest absolute Gasteiger partial charge is 0.707 e. The summed E-state index contributed by atoms with van der Waals surface area (Å²) in [6.07, 6.45) is 0. The van der Waals surface area contributed by atoms with E-state index in [1.54, 1.807) is 12.1 Å². The lowest BCUT2D eigenvalue weighted by Gasteiger charge is -2.14. The molecule has 6 heteroatoms. The van der Waals surface area contributed by atoms with E-state index in [4.69, 9.17) is 19.4 Å². The maximum absolute atomic E-state index is 8.77. The Morgan fingerprint density at radius 3 is 2.44 bits per heavy atom. The highest BCUT2D eigenvalue weighted by molar-refractivity contribution is 6.33. The lowest BCUT2D eigenvalue weighted by molar-refractivity contribution is 0.279. The molecule has 0 atom stereocenters. The van der Waals surface area contributed by atoms with Gasteiger partial charge >= 0.3 is 7.32 Å². The van der Waals surface area contributed by atoms with Gasteiger partial charge in [-0.1, -0.05) is 6.07 Å². The molecule has 0 saturated heterocycles. The summed E-state index contributed by atoms with van der Waals surface area (Å²) in [4.78, 5) is 2.00. The van der Waals surface area contributed by atoms with E-state index in [9.17, 15) is 0 Å². The van der Waals surface area contributed by atoms with Crippen LogP contribution in [-0.4, -0.2) is 43.5 Å². The van der Waals surface area contributed by atoms with Crippen molar-refractivity contribution in [2.75, 3.05) is 21.2 Å². The Morgan fingerprint density at radius 1 is 1.25 bits per heavy atom. The third kappa shape index (κ3) is 3.73. The highest BCUT2D eigenvalue weighted by Crippen LogP contribution is 2.28. The third-order valence-corrected chi connectivity index (χ3v) is 1.96. The smallest absolute Gasteiger partial charge is 0.509 e. The molecule has 0 fully saturated rings. The maximum atomic E-state index is 8.77. The van der Waals surface area contributed by atoms with Crippen molar-refractivity contribution in [3.63, 3.8) is 0 Å². The standard InChI is InChI=1S/C10H16BNO4/c1-12(2)7-8-4-5-9(15-3)10(6-8)16-11(13)14/h4-6,13-14H,7H2,1-3H3. The molecule has 0 aliphatic rings. The molecule has 1 rings (SSSR count). The van der Waals surface area contributed by atoms with Crippen molar-refractivity contribution in [2.24, 2.45) is 0 Å². The molecule has 0 spiro atoms. The van der Waals surface area contributed by atoms with Gasteiger partial charge in [0.15, 0.2) is 5.75 Å². The molecule has 0 unspecified atom stereocenters. The minimum Gasteiger partial charge on any atom is -0.509 e.